The average molecular weight is 245 g/mol. The SMILES string of the molecule is COc1cnn([C@@H]2CCCCO2)c(=O)c1Cl. The highest BCUT2D eigenvalue weighted by atomic mass is 35.5. The molecule has 2 heterocycles. The molecule has 0 bridgehead atoms. The van der Waals surface area contributed by atoms with Gasteiger partial charge in [0.1, 0.15) is 0 Å². The first-order valence-corrected chi connectivity index (χ1v) is 5.54. The molecule has 2 rings (SSSR count). The van der Waals surface area contributed by atoms with Gasteiger partial charge >= 0.3 is 0 Å². The number of methoxy groups -OCH3 is 1. The zero-order chi connectivity index (χ0) is 11.5. The first-order valence-electron chi connectivity index (χ1n) is 5.17. The zero-order valence-electron chi connectivity index (χ0n) is 8.98. The fourth-order valence-corrected chi connectivity index (χ4v) is 1.91. The summed E-state index contributed by atoms with van der Waals surface area (Å²) in [4.78, 5) is 11.9. The summed E-state index contributed by atoms with van der Waals surface area (Å²) in [6, 6.07) is 0. The molecule has 5 nitrogen and oxygen atoms in total. The number of hydrogen-bond donors (Lipinski definition) is 0. The highest BCUT2D eigenvalue weighted by Crippen LogP contribution is 2.23. The van der Waals surface area contributed by atoms with Crippen molar-refractivity contribution in [2.45, 2.75) is 25.5 Å². The van der Waals surface area contributed by atoms with E-state index in [0.717, 1.165) is 19.3 Å². The minimum absolute atomic E-state index is 0.0478. The van der Waals surface area contributed by atoms with Gasteiger partial charge in [-0.05, 0) is 19.3 Å². The van der Waals surface area contributed by atoms with E-state index in [9.17, 15) is 4.79 Å². The van der Waals surface area contributed by atoms with Gasteiger partial charge in [0.15, 0.2) is 17.0 Å². The van der Waals surface area contributed by atoms with Gasteiger partial charge in [0, 0.05) is 6.61 Å². The van der Waals surface area contributed by atoms with Crippen molar-refractivity contribution in [1.82, 2.24) is 9.78 Å². The molecule has 1 saturated heterocycles. The standard InChI is InChI=1S/C10H13ClN2O3/c1-15-7-6-12-13(10(14)9(7)11)8-4-2-3-5-16-8/h6,8H,2-5H2,1H3/t8-/m0/s1. The predicted octanol–water partition coefficient (Wildman–Crippen LogP) is 1.60. The molecule has 88 valence electrons. The Bertz CT molecular complexity index is 427. The Morgan fingerprint density at radius 1 is 1.62 bits per heavy atom. The molecule has 0 spiro atoms. The lowest BCUT2D eigenvalue weighted by Crippen LogP contribution is -2.31. The molecule has 1 aromatic rings. The lowest BCUT2D eigenvalue weighted by Gasteiger charge is -2.23. The van der Waals surface area contributed by atoms with E-state index >= 15 is 0 Å². The second kappa shape index (κ2) is 4.84. The number of aromatic nitrogens is 2. The van der Waals surface area contributed by atoms with E-state index in [1.165, 1.54) is 18.0 Å². The van der Waals surface area contributed by atoms with Crippen molar-refractivity contribution in [2.24, 2.45) is 0 Å². The first-order chi connectivity index (χ1) is 7.74. The van der Waals surface area contributed by atoms with Crippen molar-refractivity contribution in [1.29, 1.82) is 0 Å². The molecular weight excluding hydrogens is 232 g/mol. The maximum Gasteiger partial charge on any atom is 0.291 e. The summed E-state index contributed by atoms with van der Waals surface area (Å²) in [7, 11) is 1.45. The summed E-state index contributed by atoms with van der Waals surface area (Å²) < 4.78 is 11.7. The summed E-state index contributed by atoms with van der Waals surface area (Å²) in [5.41, 5.74) is -0.368. The predicted molar refractivity (Wildman–Crippen MR) is 58.9 cm³/mol. The van der Waals surface area contributed by atoms with Crippen LogP contribution >= 0.6 is 11.6 Å². The number of nitrogens with zero attached hydrogens (tertiary/aromatic N) is 2. The van der Waals surface area contributed by atoms with E-state index in [1.807, 2.05) is 0 Å². The third-order valence-corrected chi connectivity index (χ3v) is 2.91. The van der Waals surface area contributed by atoms with Crippen LogP contribution in [0.2, 0.25) is 5.02 Å². The molecule has 0 radical (unpaired) electrons. The molecule has 0 aliphatic carbocycles. The van der Waals surface area contributed by atoms with E-state index in [1.54, 1.807) is 0 Å². The number of halogens is 1. The minimum Gasteiger partial charge on any atom is -0.493 e. The van der Waals surface area contributed by atoms with Gasteiger partial charge in [0.2, 0.25) is 0 Å². The van der Waals surface area contributed by atoms with Crippen LogP contribution < -0.4 is 10.3 Å². The van der Waals surface area contributed by atoms with E-state index in [4.69, 9.17) is 21.1 Å². The van der Waals surface area contributed by atoms with Crippen molar-refractivity contribution in [3.8, 4) is 5.75 Å². The van der Waals surface area contributed by atoms with Gasteiger partial charge in [-0.2, -0.15) is 9.78 Å². The Hall–Kier alpha value is -1.07. The van der Waals surface area contributed by atoms with Crippen LogP contribution in [0.5, 0.6) is 5.75 Å². The Morgan fingerprint density at radius 3 is 3.06 bits per heavy atom. The molecule has 0 saturated carbocycles. The lowest BCUT2D eigenvalue weighted by molar-refractivity contribution is -0.0425. The smallest absolute Gasteiger partial charge is 0.291 e. The van der Waals surface area contributed by atoms with Crippen molar-refractivity contribution in [2.75, 3.05) is 13.7 Å². The molecule has 1 aliphatic heterocycles. The van der Waals surface area contributed by atoms with Gasteiger partial charge in [-0.3, -0.25) is 4.79 Å². The fraction of sp³-hybridized carbons (Fsp3) is 0.600. The lowest BCUT2D eigenvalue weighted by atomic mass is 10.2. The quantitative estimate of drug-likeness (QED) is 0.793. The van der Waals surface area contributed by atoms with Gasteiger partial charge in [-0.25, -0.2) is 0 Å². The molecule has 16 heavy (non-hydrogen) atoms. The van der Waals surface area contributed by atoms with Crippen LogP contribution in [-0.4, -0.2) is 23.5 Å². The zero-order valence-corrected chi connectivity index (χ0v) is 9.74. The summed E-state index contributed by atoms with van der Waals surface area (Å²) in [5.74, 6) is 0.290. The third-order valence-electron chi connectivity index (χ3n) is 2.56. The highest BCUT2D eigenvalue weighted by molar-refractivity contribution is 6.31. The molecule has 6 heteroatoms. The van der Waals surface area contributed by atoms with Crippen molar-refractivity contribution in [3.63, 3.8) is 0 Å². The Balaban J connectivity index is 2.34. The molecule has 0 N–H and O–H groups in total. The Labute approximate surface area is 97.9 Å². The summed E-state index contributed by atoms with van der Waals surface area (Å²) in [6.45, 7) is 0.655. The second-order valence-corrected chi connectivity index (χ2v) is 3.98. The van der Waals surface area contributed by atoms with Crippen LogP contribution in [0.3, 0.4) is 0 Å². The van der Waals surface area contributed by atoms with Crippen molar-refractivity contribution >= 4 is 11.6 Å². The Morgan fingerprint density at radius 2 is 2.44 bits per heavy atom. The molecular formula is C10H13ClN2O3. The van der Waals surface area contributed by atoms with Gasteiger partial charge in [0.25, 0.3) is 5.56 Å². The van der Waals surface area contributed by atoms with Crippen molar-refractivity contribution in [3.05, 3.63) is 21.6 Å². The van der Waals surface area contributed by atoms with Crippen LogP contribution in [0.25, 0.3) is 0 Å². The number of ether oxygens (including phenoxy) is 2. The largest absolute Gasteiger partial charge is 0.493 e. The van der Waals surface area contributed by atoms with Gasteiger partial charge in [0.05, 0.1) is 13.3 Å². The number of rotatable bonds is 2. The molecule has 1 aromatic heterocycles. The topological polar surface area (TPSA) is 53.4 Å². The van der Waals surface area contributed by atoms with Crippen molar-refractivity contribution < 1.29 is 9.47 Å². The second-order valence-electron chi connectivity index (χ2n) is 3.60. The molecule has 0 aromatic carbocycles. The monoisotopic (exact) mass is 244 g/mol. The van der Waals surface area contributed by atoms with Gasteiger partial charge < -0.3 is 9.47 Å². The van der Waals surface area contributed by atoms with Crippen LogP contribution in [0, 0.1) is 0 Å². The first kappa shape index (κ1) is 11.4. The minimum atomic E-state index is -0.368. The molecule has 1 aliphatic rings. The van der Waals surface area contributed by atoms with Crippen LogP contribution in [-0.2, 0) is 4.74 Å². The maximum absolute atomic E-state index is 11.9. The Kier molecular flexibility index (Phi) is 3.46. The molecule has 0 amide bonds. The summed E-state index contributed by atoms with van der Waals surface area (Å²) >= 11 is 5.86. The van der Waals surface area contributed by atoms with E-state index in [2.05, 4.69) is 5.10 Å². The van der Waals surface area contributed by atoms with E-state index < -0.39 is 0 Å². The normalized spacial score (nSPS) is 20.8. The summed E-state index contributed by atoms with van der Waals surface area (Å²) in [6.07, 6.45) is 3.97. The third kappa shape index (κ3) is 2.05. The maximum atomic E-state index is 11.9. The molecule has 1 fully saturated rings. The number of hydrogen-bond acceptors (Lipinski definition) is 4. The van der Waals surface area contributed by atoms with Crippen LogP contribution in [0.1, 0.15) is 25.5 Å². The van der Waals surface area contributed by atoms with E-state index in [-0.39, 0.29) is 16.8 Å². The van der Waals surface area contributed by atoms with Crippen LogP contribution in [0.15, 0.2) is 11.0 Å². The van der Waals surface area contributed by atoms with E-state index in [0.29, 0.717) is 12.4 Å². The highest BCUT2D eigenvalue weighted by Gasteiger charge is 2.20. The van der Waals surface area contributed by atoms with Gasteiger partial charge in [-0.15, -0.1) is 0 Å². The molecule has 1 atom stereocenters. The van der Waals surface area contributed by atoms with Gasteiger partial charge in [-0.1, -0.05) is 11.6 Å². The average Bonchev–Trinajstić information content (AvgIpc) is 2.34. The fourth-order valence-electron chi connectivity index (χ4n) is 1.69. The molecule has 0 unspecified atom stereocenters. The summed E-state index contributed by atoms with van der Waals surface area (Å²) in [5, 5.41) is 4.05. The van der Waals surface area contributed by atoms with Crippen LogP contribution in [0.4, 0.5) is 0 Å².